The Hall–Kier alpha value is -1.11. The van der Waals surface area contributed by atoms with E-state index in [2.05, 4.69) is 17.3 Å². The van der Waals surface area contributed by atoms with E-state index in [-0.39, 0.29) is 15.8 Å². The second kappa shape index (κ2) is 9.01. The predicted molar refractivity (Wildman–Crippen MR) is 101 cm³/mol. The van der Waals surface area contributed by atoms with Gasteiger partial charge in [-0.05, 0) is 51.1 Å². The van der Waals surface area contributed by atoms with E-state index in [0.29, 0.717) is 18.2 Å². The molecule has 0 unspecified atom stereocenters. The number of benzene rings is 1. The number of carbonyl (C=O) groups is 1. The van der Waals surface area contributed by atoms with Crippen LogP contribution in [0.5, 0.6) is 0 Å². The summed E-state index contributed by atoms with van der Waals surface area (Å²) < 4.78 is 23.4. The van der Waals surface area contributed by atoms with Crippen LogP contribution in [-0.2, 0) is 9.84 Å². The average Bonchev–Trinajstić information content (AvgIpc) is 2.58. The Labute approximate surface area is 155 Å². The lowest BCUT2D eigenvalue weighted by molar-refractivity contribution is 0.0950. The quantitative estimate of drug-likeness (QED) is 0.731. The molecule has 140 valence electrons. The summed E-state index contributed by atoms with van der Waals surface area (Å²) in [6.45, 7) is 1.51. The fourth-order valence-corrected chi connectivity index (χ4v) is 4.57. The third-order valence-electron chi connectivity index (χ3n) is 4.76. The molecule has 0 bridgehead atoms. The normalized spacial score (nSPS) is 16.2. The fourth-order valence-electron chi connectivity index (χ4n) is 3.27. The summed E-state index contributed by atoms with van der Waals surface area (Å²) in [5.74, 6) is -0.276. The number of hydrogen-bond acceptors (Lipinski definition) is 4. The fraction of sp³-hybridized carbons (Fsp3) is 0.611. The number of rotatable bonds is 7. The lowest BCUT2D eigenvalue weighted by atomic mass is 9.94. The topological polar surface area (TPSA) is 66.5 Å². The molecule has 25 heavy (non-hydrogen) atoms. The number of amides is 1. The second-order valence-corrected chi connectivity index (χ2v) is 9.19. The predicted octanol–water partition coefficient (Wildman–Crippen LogP) is 3.13. The first kappa shape index (κ1) is 20.2. The Morgan fingerprint density at radius 2 is 1.96 bits per heavy atom. The van der Waals surface area contributed by atoms with Crippen molar-refractivity contribution in [1.29, 1.82) is 0 Å². The van der Waals surface area contributed by atoms with Crippen LogP contribution in [-0.4, -0.2) is 51.7 Å². The first-order valence-corrected chi connectivity index (χ1v) is 11.0. The van der Waals surface area contributed by atoms with Gasteiger partial charge in [-0.3, -0.25) is 4.79 Å². The molecule has 1 aromatic carbocycles. The van der Waals surface area contributed by atoms with E-state index >= 15 is 0 Å². The van der Waals surface area contributed by atoms with Crippen molar-refractivity contribution in [1.82, 2.24) is 10.2 Å². The molecule has 1 fully saturated rings. The zero-order valence-electron chi connectivity index (χ0n) is 14.9. The summed E-state index contributed by atoms with van der Waals surface area (Å²) in [5.41, 5.74) is 0.311. The molecular formula is C18H27ClN2O3S. The van der Waals surface area contributed by atoms with Crippen molar-refractivity contribution in [3.63, 3.8) is 0 Å². The molecular weight excluding hydrogens is 360 g/mol. The zero-order chi connectivity index (χ0) is 18.4. The van der Waals surface area contributed by atoms with Crippen LogP contribution in [0.2, 0.25) is 5.02 Å². The maximum Gasteiger partial charge on any atom is 0.251 e. The minimum Gasteiger partial charge on any atom is -0.352 e. The molecule has 0 heterocycles. The maximum atomic E-state index is 12.2. The van der Waals surface area contributed by atoms with Crippen LogP contribution in [0.3, 0.4) is 0 Å². The van der Waals surface area contributed by atoms with E-state index in [4.69, 9.17) is 11.6 Å². The number of carbonyl (C=O) groups excluding carboxylic acids is 1. The standard InChI is InChI=1S/C18H27ClN2O3S/c1-21(15-7-4-3-5-8-15)12-6-11-20-18(22)14-9-10-16(19)17(13-14)25(2,23)24/h9-10,13,15H,3-8,11-12H2,1-2H3,(H,20,22). The van der Waals surface area contributed by atoms with Crippen LogP contribution in [0.15, 0.2) is 23.1 Å². The lowest BCUT2D eigenvalue weighted by Crippen LogP contribution is -2.35. The molecule has 5 nitrogen and oxygen atoms in total. The molecule has 1 aromatic rings. The van der Waals surface area contributed by atoms with Gasteiger partial charge >= 0.3 is 0 Å². The summed E-state index contributed by atoms with van der Waals surface area (Å²) in [5, 5.41) is 2.98. The molecule has 1 aliphatic carbocycles. The Morgan fingerprint density at radius 3 is 2.60 bits per heavy atom. The molecule has 0 aromatic heterocycles. The van der Waals surface area contributed by atoms with Crippen LogP contribution in [0, 0.1) is 0 Å². The van der Waals surface area contributed by atoms with E-state index < -0.39 is 9.84 Å². The van der Waals surface area contributed by atoms with Crippen molar-refractivity contribution in [3.05, 3.63) is 28.8 Å². The van der Waals surface area contributed by atoms with Gasteiger partial charge in [-0.25, -0.2) is 8.42 Å². The summed E-state index contributed by atoms with van der Waals surface area (Å²) in [4.78, 5) is 14.6. The number of nitrogens with zero attached hydrogens (tertiary/aromatic N) is 1. The number of hydrogen-bond donors (Lipinski definition) is 1. The van der Waals surface area contributed by atoms with Crippen molar-refractivity contribution >= 4 is 27.3 Å². The molecule has 2 rings (SSSR count). The van der Waals surface area contributed by atoms with Crippen LogP contribution >= 0.6 is 11.6 Å². The number of sulfone groups is 1. The first-order chi connectivity index (χ1) is 11.8. The van der Waals surface area contributed by atoms with Gasteiger partial charge in [0.05, 0.1) is 9.92 Å². The SMILES string of the molecule is CN(CCCNC(=O)c1ccc(Cl)c(S(C)(=O)=O)c1)C1CCCCC1. The minimum absolute atomic E-state index is 0.0150. The van der Waals surface area contributed by atoms with E-state index in [9.17, 15) is 13.2 Å². The van der Waals surface area contributed by atoms with Crippen molar-refractivity contribution in [3.8, 4) is 0 Å². The van der Waals surface area contributed by atoms with Crippen molar-refractivity contribution < 1.29 is 13.2 Å². The monoisotopic (exact) mass is 386 g/mol. The largest absolute Gasteiger partial charge is 0.352 e. The molecule has 0 atom stereocenters. The third kappa shape index (κ3) is 5.97. The summed E-state index contributed by atoms with van der Waals surface area (Å²) in [6, 6.07) is 4.99. The molecule has 7 heteroatoms. The van der Waals surface area contributed by atoms with Gasteiger partial charge in [0.25, 0.3) is 5.91 Å². The van der Waals surface area contributed by atoms with Gasteiger partial charge in [0.1, 0.15) is 0 Å². The highest BCUT2D eigenvalue weighted by atomic mass is 35.5. The van der Waals surface area contributed by atoms with E-state index in [0.717, 1.165) is 19.2 Å². The van der Waals surface area contributed by atoms with Gasteiger partial charge in [-0.1, -0.05) is 30.9 Å². The molecule has 1 amide bonds. The number of nitrogens with one attached hydrogen (secondary N) is 1. The lowest BCUT2D eigenvalue weighted by Gasteiger charge is -2.31. The summed E-state index contributed by atoms with van der Waals surface area (Å²) >= 11 is 5.90. The smallest absolute Gasteiger partial charge is 0.251 e. The Balaban J connectivity index is 1.82. The van der Waals surface area contributed by atoms with Gasteiger partial charge in [-0.15, -0.1) is 0 Å². The van der Waals surface area contributed by atoms with Gasteiger partial charge in [-0.2, -0.15) is 0 Å². The second-order valence-electron chi connectivity index (χ2n) is 6.80. The van der Waals surface area contributed by atoms with Gasteiger partial charge in [0, 0.05) is 24.4 Å². The Bertz CT molecular complexity index is 700. The third-order valence-corrected chi connectivity index (χ3v) is 6.34. The highest BCUT2D eigenvalue weighted by Gasteiger charge is 2.18. The molecule has 0 radical (unpaired) electrons. The van der Waals surface area contributed by atoms with Gasteiger partial charge in [0.2, 0.25) is 0 Å². The van der Waals surface area contributed by atoms with E-state index in [1.165, 1.54) is 44.2 Å². The Morgan fingerprint density at radius 1 is 1.28 bits per heavy atom. The molecule has 1 aliphatic rings. The van der Waals surface area contributed by atoms with Crippen LogP contribution in [0.4, 0.5) is 0 Å². The molecule has 0 spiro atoms. The maximum absolute atomic E-state index is 12.2. The minimum atomic E-state index is -3.46. The van der Waals surface area contributed by atoms with Crippen molar-refractivity contribution in [2.45, 2.75) is 49.5 Å². The van der Waals surface area contributed by atoms with Crippen molar-refractivity contribution in [2.24, 2.45) is 0 Å². The molecule has 1 N–H and O–H groups in total. The average molecular weight is 387 g/mol. The van der Waals surface area contributed by atoms with E-state index in [1.807, 2.05) is 0 Å². The summed E-state index contributed by atoms with van der Waals surface area (Å²) in [7, 11) is -1.31. The van der Waals surface area contributed by atoms with Crippen LogP contribution < -0.4 is 5.32 Å². The highest BCUT2D eigenvalue weighted by Crippen LogP contribution is 2.23. The molecule has 0 aliphatic heterocycles. The highest BCUT2D eigenvalue weighted by molar-refractivity contribution is 7.90. The van der Waals surface area contributed by atoms with Crippen molar-refractivity contribution in [2.75, 3.05) is 26.4 Å². The summed E-state index contributed by atoms with van der Waals surface area (Å²) in [6.07, 6.45) is 8.44. The van der Waals surface area contributed by atoms with Crippen LogP contribution in [0.1, 0.15) is 48.9 Å². The van der Waals surface area contributed by atoms with E-state index in [1.54, 1.807) is 6.07 Å². The van der Waals surface area contributed by atoms with Crippen LogP contribution in [0.25, 0.3) is 0 Å². The molecule has 0 saturated heterocycles. The zero-order valence-corrected chi connectivity index (χ0v) is 16.5. The molecule has 1 saturated carbocycles. The van der Waals surface area contributed by atoms with Gasteiger partial charge < -0.3 is 10.2 Å². The Kier molecular flexibility index (Phi) is 7.28. The number of halogens is 1. The van der Waals surface area contributed by atoms with Gasteiger partial charge in [0.15, 0.2) is 9.84 Å². The first-order valence-electron chi connectivity index (χ1n) is 8.77.